The maximum absolute atomic E-state index is 12.2. The predicted octanol–water partition coefficient (Wildman–Crippen LogP) is 1.67. The Kier molecular flexibility index (Phi) is 4.71. The van der Waals surface area contributed by atoms with Crippen LogP contribution in [0.5, 0.6) is 5.75 Å². The zero-order valence-corrected chi connectivity index (χ0v) is 12.9. The van der Waals surface area contributed by atoms with Gasteiger partial charge in [-0.2, -0.15) is 0 Å². The minimum Gasteiger partial charge on any atom is -0.497 e. The SMILES string of the molecule is COc1cccc(C(C)(CC(=O)O)NC(=O)c2cnns2)c1. The summed E-state index contributed by atoms with van der Waals surface area (Å²) in [5, 5.41) is 15.5. The molecular formula is C14H15N3O4S. The van der Waals surface area contributed by atoms with Crippen molar-refractivity contribution in [1.82, 2.24) is 14.9 Å². The van der Waals surface area contributed by atoms with Crippen LogP contribution in [-0.4, -0.2) is 33.7 Å². The van der Waals surface area contributed by atoms with Crippen LogP contribution in [-0.2, 0) is 10.3 Å². The number of nitrogens with one attached hydrogen (secondary N) is 1. The molecule has 1 amide bonds. The normalized spacial score (nSPS) is 13.2. The highest BCUT2D eigenvalue weighted by molar-refractivity contribution is 7.07. The summed E-state index contributed by atoms with van der Waals surface area (Å²) in [7, 11) is 1.52. The van der Waals surface area contributed by atoms with Gasteiger partial charge in [-0.3, -0.25) is 9.59 Å². The molecule has 0 fully saturated rings. The average molecular weight is 321 g/mol. The summed E-state index contributed by atoms with van der Waals surface area (Å²) in [5.41, 5.74) is -0.443. The number of amides is 1. The molecule has 1 atom stereocenters. The lowest BCUT2D eigenvalue weighted by Gasteiger charge is -2.30. The van der Waals surface area contributed by atoms with Crippen molar-refractivity contribution in [3.8, 4) is 5.75 Å². The van der Waals surface area contributed by atoms with E-state index in [0.29, 0.717) is 16.2 Å². The molecule has 0 radical (unpaired) electrons. The molecule has 116 valence electrons. The van der Waals surface area contributed by atoms with Crippen molar-refractivity contribution in [2.75, 3.05) is 7.11 Å². The zero-order chi connectivity index (χ0) is 16.2. The molecule has 1 unspecified atom stereocenters. The van der Waals surface area contributed by atoms with Crippen LogP contribution >= 0.6 is 11.5 Å². The van der Waals surface area contributed by atoms with E-state index in [-0.39, 0.29) is 6.42 Å². The molecule has 0 spiro atoms. The minimum absolute atomic E-state index is 0.266. The molecule has 2 aromatic rings. The van der Waals surface area contributed by atoms with E-state index >= 15 is 0 Å². The zero-order valence-electron chi connectivity index (χ0n) is 12.1. The molecular weight excluding hydrogens is 306 g/mol. The van der Waals surface area contributed by atoms with E-state index in [4.69, 9.17) is 4.74 Å². The van der Waals surface area contributed by atoms with Crippen molar-refractivity contribution in [2.45, 2.75) is 18.9 Å². The van der Waals surface area contributed by atoms with E-state index in [9.17, 15) is 14.7 Å². The van der Waals surface area contributed by atoms with Crippen LogP contribution in [0.25, 0.3) is 0 Å². The number of aliphatic carboxylic acids is 1. The fourth-order valence-corrected chi connectivity index (χ4v) is 2.48. The molecule has 2 N–H and O–H groups in total. The second kappa shape index (κ2) is 6.52. The summed E-state index contributed by atoms with van der Waals surface area (Å²) in [6.07, 6.45) is 1.07. The first kappa shape index (κ1) is 15.9. The van der Waals surface area contributed by atoms with E-state index < -0.39 is 17.4 Å². The summed E-state index contributed by atoms with van der Waals surface area (Å²) in [6, 6.07) is 6.94. The number of carboxylic acid groups (broad SMARTS) is 1. The second-order valence-corrected chi connectivity index (χ2v) is 5.66. The quantitative estimate of drug-likeness (QED) is 0.839. The summed E-state index contributed by atoms with van der Waals surface area (Å²) in [6.45, 7) is 1.66. The number of rotatable bonds is 6. The Morgan fingerprint density at radius 1 is 1.45 bits per heavy atom. The van der Waals surface area contributed by atoms with Crippen molar-refractivity contribution in [3.63, 3.8) is 0 Å². The van der Waals surface area contributed by atoms with Gasteiger partial charge >= 0.3 is 5.97 Å². The van der Waals surface area contributed by atoms with E-state index in [1.807, 2.05) is 0 Å². The first-order chi connectivity index (χ1) is 10.4. The van der Waals surface area contributed by atoms with Gasteiger partial charge in [0.25, 0.3) is 5.91 Å². The number of hydrogen-bond donors (Lipinski definition) is 2. The number of carboxylic acids is 1. The predicted molar refractivity (Wildman–Crippen MR) is 80.0 cm³/mol. The molecule has 1 heterocycles. The highest BCUT2D eigenvalue weighted by Gasteiger charge is 2.32. The molecule has 1 aromatic carbocycles. The van der Waals surface area contributed by atoms with Crippen LogP contribution in [0.4, 0.5) is 0 Å². The summed E-state index contributed by atoms with van der Waals surface area (Å²) >= 11 is 0.948. The van der Waals surface area contributed by atoms with Gasteiger partial charge in [0.2, 0.25) is 0 Å². The Hall–Kier alpha value is -2.48. The van der Waals surface area contributed by atoms with Crippen molar-refractivity contribution in [2.24, 2.45) is 0 Å². The molecule has 0 aliphatic heterocycles. The van der Waals surface area contributed by atoms with E-state index in [0.717, 1.165) is 11.5 Å². The molecule has 7 nitrogen and oxygen atoms in total. The highest BCUT2D eigenvalue weighted by Crippen LogP contribution is 2.28. The van der Waals surface area contributed by atoms with Crippen molar-refractivity contribution >= 4 is 23.4 Å². The van der Waals surface area contributed by atoms with Crippen molar-refractivity contribution < 1.29 is 19.4 Å². The first-order valence-corrected chi connectivity index (χ1v) is 7.18. The fraction of sp³-hybridized carbons (Fsp3) is 0.286. The van der Waals surface area contributed by atoms with Crippen LogP contribution in [0.15, 0.2) is 30.5 Å². The van der Waals surface area contributed by atoms with Crippen molar-refractivity contribution in [3.05, 3.63) is 40.9 Å². The summed E-state index contributed by atoms with van der Waals surface area (Å²) in [5.74, 6) is -0.850. The third kappa shape index (κ3) is 3.59. The number of carbonyl (C=O) groups excluding carboxylic acids is 1. The minimum atomic E-state index is -1.08. The van der Waals surface area contributed by atoms with Gasteiger partial charge < -0.3 is 15.2 Å². The molecule has 0 aliphatic carbocycles. The Bertz CT molecular complexity index is 674. The third-order valence-electron chi connectivity index (χ3n) is 3.19. The first-order valence-electron chi connectivity index (χ1n) is 6.41. The monoisotopic (exact) mass is 321 g/mol. The van der Waals surface area contributed by atoms with E-state index in [2.05, 4.69) is 14.9 Å². The number of benzene rings is 1. The van der Waals surface area contributed by atoms with Gasteiger partial charge in [0.1, 0.15) is 10.6 Å². The lowest BCUT2D eigenvalue weighted by molar-refractivity contribution is -0.138. The second-order valence-electron chi connectivity index (χ2n) is 4.87. The van der Waals surface area contributed by atoms with Crippen LogP contribution < -0.4 is 10.1 Å². The average Bonchev–Trinajstić information content (AvgIpc) is 3.00. The maximum atomic E-state index is 12.2. The topological polar surface area (TPSA) is 101 Å². The van der Waals surface area contributed by atoms with Gasteiger partial charge in [-0.05, 0) is 36.2 Å². The summed E-state index contributed by atoms with van der Waals surface area (Å²) in [4.78, 5) is 23.8. The number of hydrogen-bond acceptors (Lipinski definition) is 6. The number of aromatic nitrogens is 2. The van der Waals surface area contributed by atoms with Crippen LogP contribution in [0.3, 0.4) is 0 Å². The Morgan fingerprint density at radius 2 is 2.23 bits per heavy atom. The molecule has 1 aromatic heterocycles. The van der Waals surface area contributed by atoms with Gasteiger partial charge in [-0.1, -0.05) is 16.6 Å². The smallest absolute Gasteiger partial charge is 0.306 e. The van der Waals surface area contributed by atoms with Crippen LogP contribution in [0.1, 0.15) is 28.6 Å². The van der Waals surface area contributed by atoms with Gasteiger partial charge in [0.15, 0.2) is 0 Å². The number of methoxy groups -OCH3 is 1. The lowest BCUT2D eigenvalue weighted by Crippen LogP contribution is -2.44. The largest absolute Gasteiger partial charge is 0.497 e. The number of ether oxygens (including phenoxy) is 1. The molecule has 0 bridgehead atoms. The number of carbonyl (C=O) groups is 2. The lowest BCUT2D eigenvalue weighted by atomic mass is 9.88. The Balaban J connectivity index is 2.34. The van der Waals surface area contributed by atoms with Crippen molar-refractivity contribution in [1.29, 1.82) is 0 Å². The Labute approximate surface area is 131 Å². The standard InChI is InChI=1S/C14H15N3O4S/c1-14(7-12(18)19,9-4-3-5-10(6-9)21-2)16-13(20)11-8-15-17-22-11/h3-6,8H,7H2,1-2H3,(H,16,20)(H,18,19). The van der Waals surface area contributed by atoms with Gasteiger partial charge in [-0.15, -0.1) is 5.10 Å². The van der Waals surface area contributed by atoms with Crippen LogP contribution in [0, 0.1) is 0 Å². The number of nitrogens with zero attached hydrogens (tertiary/aromatic N) is 2. The molecule has 0 aliphatic rings. The van der Waals surface area contributed by atoms with E-state index in [1.54, 1.807) is 31.2 Å². The van der Waals surface area contributed by atoms with Gasteiger partial charge in [0, 0.05) is 0 Å². The van der Waals surface area contributed by atoms with E-state index in [1.165, 1.54) is 13.3 Å². The molecule has 0 saturated carbocycles. The molecule has 22 heavy (non-hydrogen) atoms. The molecule has 8 heteroatoms. The molecule has 2 rings (SSSR count). The van der Waals surface area contributed by atoms with Gasteiger partial charge in [-0.25, -0.2) is 0 Å². The molecule has 0 saturated heterocycles. The third-order valence-corrected chi connectivity index (χ3v) is 3.85. The van der Waals surface area contributed by atoms with Gasteiger partial charge in [0.05, 0.1) is 25.3 Å². The fourth-order valence-electron chi connectivity index (χ4n) is 2.07. The summed E-state index contributed by atoms with van der Waals surface area (Å²) < 4.78 is 8.78. The Morgan fingerprint density at radius 3 is 2.82 bits per heavy atom. The highest BCUT2D eigenvalue weighted by atomic mass is 32.1. The van der Waals surface area contributed by atoms with Crippen LogP contribution in [0.2, 0.25) is 0 Å². The maximum Gasteiger partial charge on any atom is 0.306 e.